The Labute approximate surface area is 192 Å². The summed E-state index contributed by atoms with van der Waals surface area (Å²) < 4.78 is 20.5. The van der Waals surface area contributed by atoms with Crippen molar-refractivity contribution in [1.82, 2.24) is 20.2 Å². The summed E-state index contributed by atoms with van der Waals surface area (Å²) >= 11 is 0. The van der Waals surface area contributed by atoms with E-state index in [-0.39, 0.29) is 17.8 Å². The molecule has 1 fully saturated rings. The van der Waals surface area contributed by atoms with Gasteiger partial charge in [-0.05, 0) is 42.7 Å². The minimum absolute atomic E-state index is 0.00304. The number of benzene rings is 2. The van der Waals surface area contributed by atoms with Crippen LogP contribution in [-0.4, -0.2) is 26.8 Å². The highest BCUT2D eigenvalue weighted by atomic mass is 19.1. The summed E-state index contributed by atoms with van der Waals surface area (Å²) in [7, 11) is 0. The van der Waals surface area contributed by atoms with Crippen LogP contribution in [0.15, 0.2) is 47.5 Å². The van der Waals surface area contributed by atoms with Gasteiger partial charge in [0.05, 0.1) is 23.2 Å². The van der Waals surface area contributed by atoms with Crippen molar-refractivity contribution < 1.29 is 9.13 Å². The molecule has 2 aromatic carbocycles. The number of rotatable bonds is 4. The maximum absolute atomic E-state index is 14.3. The molecule has 5 aromatic rings. The van der Waals surface area contributed by atoms with Crippen molar-refractivity contribution in [2.24, 2.45) is 5.41 Å². The number of halogens is 1. The lowest BCUT2D eigenvalue weighted by Crippen LogP contribution is -2.34. The molecular weight excluding hydrogens is 435 g/mol. The average molecular weight is 454 g/mol. The Morgan fingerprint density at radius 1 is 1.21 bits per heavy atom. The second-order valence-corrected chi connectivity index (χ2v) is 8.73. The van der Waals surface area contributed by atoms with Gasteiger partial charge in [-0.2, -0.15) is 10.4 Å². The lowest BCUT2D eigenvalue weighted by Gasteiger charge is -2.34. The Bertz CT molecular complexity index is 1710. The second-order valence-electron chi connectivity index (χ2n) is 8.73. The molecular formula is C25H19FN6O2. The quantitative estimate of drug-likeness (QED) is 0.344. The molecule has 0 spiro atoms. The molecule has 6 rings (SSSR count). The smallest absolute Gasteiger partial charge is 0.272 e. The highest BCUT2D eigenvalue weighted by molar-refractivity contribution is 6.15. The Morgan fingerprint density at radius 3 is 2.82 bits per heavy atom. The lowest BCUT2D eigenvalue weighted by molar-refractivity contribution is 0.116. The molecule has 0 amide bonds. The number of hydrogen-bond donors (Lipinski definition) is 3. The molecule has 4 N–H and O–H groups in total. The first kappa shape index (κ1) is 20.2. The molecule has 0 aliphatic heterocycles. The fourth-order valence-electron chi connectivity index (χ4n) is 4.72. The van der Waals surface area contributed by atoms with Crippen LogP contribution in [-0.2, 0) is 0 Å². The van der Waals surface area contributed by atoms with Crippen LogP contribution >= 0.6 is 0 Å². The summed E-state index contributed by atoms with van der Waals surface area (Å²) in [5.74, 6) is 0.0350. The molecule has 0 radical (unpaired) electrons. The van der Waals surface area contributed by atoms with Crippen LogP contribution in [0.4, 0.5) is 10.1 Å². The first-order valence-electron chi connectivity index (χ1n) is 10.9. The standard InChI is InChI=1S/C25H19FN6O2/c26-17-5-4-13(16-10-30-32-22(16)17)19-15-9-18(34-12-25(11-27)6-2-7-25)23-14(3-1-8-29-23)21(15)31-24(33)20(19)28/h1,3-5,8-10H,2,6-7,12,28H2,(H,30,32)(H,31,33). The minimum Gasteiger partial charge on any atom is -0.490 e. The van der Waals surface area contributed by atoms with E-state index in [1.165, 1.54) is 12.3 Å². The van der Waals surface area contributed by atoms with Crippen LogP contribution in [0.3, 0.4) is 0 Å². The molecule has 0 unspecified atom stereocenters. The van der Waals surface area contributed by atoms with Gasteiger partial charge in [-0.3, -0.25) is 14.9 Å². The zero-order chi connectivity index (χ0) is 23.4. The summed E-state index contributed by atoms with van der Waals surface area (Å²) in [6.07, 6.45) is 5.74. The molecule has 168 valence electrons. The molecule has 1 aliphatic carbocycles. The van der Waals surface area contributed by atoms with Gasteiger partial charge < -0.3 is 15.5 Å². The SMILES string of the molecule is N#CC1(COc2cc3c(-c4ccc(F)c5[nH]ncc45)c(N)c(=O)[nH]c3c3cccnc23)CCC1. The number of pyridine rings is 2. The zero-order valence-corrected chi connectivity index (χ0v) is 18.0. The number of aromatic amines is 2. The maximum atomic E-state index is 14.3. The Hall–Kier alpha value is -4.45. The van der Waals surface area contributed by atoms with Crippen LogP contribution in [0.5, 0.6) is 5.75 Å². The minimum atomic E-state index is -0.497. The average Bonchev–Trinajstić information content (AvgIpc) is 3.32. The van der Waals surface area contributed by atoms with Gasteiger partial charge in [0.1, 0.15) is 34.9 Å². The number of nitrogens with zero attached hydrogens (tertiary/aromatic N) is 3. The number of fused-ring (bicyclic) bond motifs is 4. The third-order valence-corrected chi connectivity index (χ3v) is 6.76. The number of aromatic nitrogens is 4. The van der Waals surface area contributed by atoms with Gasteiger partial charge in [0.15, 0.2) is 0 Å². The highest BCUT2D eigenvalue weighted by Crippen LogP contribution is 2.43. The molecule has 0 atom stereocenters. The third kappa shape index (κ3) is 2.85. The number of nitrogens with one attached hydrogen (secondary N) is 2. The maximum Gasteiger partial charge on any atom is 0.272 e. The van der Waals surface area contributed by atoms with Gasteiger partial charge >= 0.3 is 0 Å². The van der Waals surface area contributed by atoms with Crippen LogP contribution in [0.25, 0.3) is 43.8 Å². The van der Waals surface area contributed by atoms with E-state index in [4.69, 9.17) is 10.5 Å². The number of anilines is 1. The summed E-state index contributed by atoms with van der Waals surface area (Å²) in [4.78, 5) is 20.2. The van der Waals surface area contributed by atoms with Crippen LogP contribution in [0, 0.1) is 22.6 Å². The van der Waals surface area contributed by atoms with Crippen molar-refractivity contribution >= 4 is 38.4 Å². The van der Waals surface area contributed by atoms with Gasteiger partial charge in [0, 0.05) is 27.9 Å². The molecule has 3 aromatic heterocycles. The van der Waals surface area contributed by atoms with E-state index in [0.717, 1.165) is 19.3 Å². The second kappa shape index (κ2) is 7.28. The first-order valence-corrected chi connectivity index (χ1v) is 10.9. The van der Waals surface area contributed by atoms with E-state index < -0.39 is 16.8 Å². The van der Waals surface area contributed by atoms with Crippen molar-refractivity contribution in [2.75, 3.05) is 12.3 Å². The predicted octanol–water partition coefficient (Wildman–Crippen LogP) is 4.41. The van der Waals surface area contributed by atoms with Crippen molar-refractivity contribution in [3.8, 4) is 22.9 Å². The van der Waals surface area contributed by atoms with Gasteiger partial charge in [0.2, 0.25) is 0 Å². The van der Waals surface area contributed by atoms with Crippen molar-refractivity contribution in [3.05, 3.63) is 58.9 Å². The van der Waals surface area contributed by atoms with E-state index in [9.17, 15) is 14.4 Å². The molecule has 0 bridgehead atoms. The van der Waals surface area contributed by atoms with E-state index in [1.807, 2.05) is 6.07 Å². The van der Waals surface area contributed by atoms with Crippen molar-refractivity contribution in [2.45, 2.75) is 19.3 Å². The lowest BCUT2D eigenvalue weighted by atomic mass is 9.71. The summed E-state index contributed by atoms with van der Waals surface area (Å²) in [5.41, 5.74) is 7.72. The van der Waals surface area contributed by atoms with Gasteiger partial charge in [-0.15, -0.1) is 0 Å². The normalized spacial score (nSPS) is 14.8. The number of ether oxygens (including phenoxy) is 1. The van der Waals surface area contributed by atoms with Crippen LogP contribution < -0.4 is 16.0 Å². The number of hydrogen-bond acceptors (Lipinski definition) is 6. The predicted molar refractivity (Wildman–Crippen MR) is 127 cm³/mol. The largest absolute Gasteiger partial charge is 0.490 e. The van der Waals surface area contributed by atoms with Crippen molar-refractivity contribution in [1.29, 1.82) is 5.26 Å². The topological polar surface area (TPSA) is 133 Å². The number of nitrogen functional groups attached to an aromatic ring is 1. The molecule has 8 nitrogen and oxygen atoms in total. The van der Waals surface area contributed by atoms with Crippen LogP contribution in [0.2, 0.25) is 0 Å². The molecule has 9 heteroatoms. The summed E-state index contributed by atoms with van der Waals surface area (Å²) in [6, 6.07) is 10.7. The van der Waals surface area contributed by atoms with Gasteiger partial charge in [-0.25, -0.2) is 4.39 Å². The molecule has 3 heterocycles. The number of nitrogens with two attached hydrogens (primary N) is 1. The zero-order valence-electron chi connectivity index (χ0n) is 18.0. The Kier molecular flexibility index (Phi) is 4.32. The fourth-order valence-corrected chi connectivity index (χ4v) is 4.72. The molecule has 1 saturated carbocycles. The number of nitriles is 1. The first-order chi connectivity index (χ1) is 16.5. The van der Waals surface area contributed by atoms with Crippen molar-refractivity contribution in [3.63, 3.8) is 0 Å². The third-order valence-electron chi connectivity index (χ3n) is 6.76. The summed E-state index contributed by atoms with van der Waals surface area (Å²) in [6.45, 7) is 0.247. The Balaban J connectivity index is 1.66. The highest BCUT2D eigenvalue weighted by Gasteiger charge is 2.38. The van der Waals surface area contributed by atoms with Gasteiger partial charge in [-0.1, -0.05) is 12.5 Å². The van der Waals surface area contributed by atoms with Gasteiger partial charge in [0.25, 0.3) is 5.56 Å². The number of H-pyrrole nitrogens is 2. The molecule has 34 heavy (non-hydrogen) atoms. The molecule has 0 saturated heterocycles. The Morgan fingerprint density at radius 2 is 2.06 bits per heavy atom. The summed E-state index contributed by atoms with van der Waals surface area (Å²) in [5, 5.41) is 18.1. The van der Waals surface area contributed by atoms with Crippen LogP contribution in [0.1, 0.15) is 19.3 Å². The van der Waals surface area contributed by atoms with E-state index in [1.54, 1.807) is 24.4 Å². The fraction of sp³-hybridized carbons (Fsp3) is 0.200. The van der Waals surface area contributed by atoms with E-state index in [2.05, 4.69) is 26.2 Å². The molecule has 1 aliphatic rings. The monoisotopic (exact) mass is 454 g/mol. The van der Waals surface area contributed by atoms with E-state index >= 15 is 0 Å². The van der Waals surface area contributed by atoms with E-state index in [0.29, 0.717) is 44.1 Å².